The summed E-state index contributed by atoms with van der Waals surface area (Å²) in [6, 6.07) is -0.568. The zero-order valence-corrected chi connectivity index (χ0v) is 12.4. The minimum Gasteiger partial charge on any atom is -0.396 e. The van der Waals surface area contributed by atoms with Gasteiger partial charge in [0.2, 0.25) is 15.9 Å². The van der Waals surface area contributed by atoms with E-state index in [2.05, 4.69) is 5.32 Å². The highest BCUT2D eigenvalue weighted by Crippen LogP contribution is 2.20. The van der Waals surface area contributed by atoms with Gasteiger partial charge in [-0.2, -0.15) is 4.31 Å². The van der Waals surface area contributed by atoms with Crippen LogP contribution < -0.4 is 5.32 Å². The first-order valence-electron chi connectivity index (χ1n) is 6.75. The standard InChI is InChI=1S/C12H24N2O4S/c1-3-10(6-8-15)9-13-12(16)11-5-4-7-14(11)19(2,17)18/h10-11,15H,3-9H2,1-2H3,(H,13,16). The van der Waals surface area contributed by atoms with Gasteiger partial charge < -0.3 is 10.4 Å². The predicted molar refractivity (Wildman–Crippen MR) is 73.1 cm³/mol. The Hall–Kier alpha value is -0.660. The first-order valence-corrected chi connectivity index (χ1v) is 8.60. The van der Waals surface area contributed by atoms with Gasteiger partial charge in [-0.05, 0) is 25.2 Å². The molecule has 1 rings (SSSR count). The molecule has 1 aliphatic heterocycles. The van der Waals surface area contributed by atoms with E-state index in [0.29, 0.717) is 25.9 Å². The average Bonchev–Trinajstić information content (AvgIpc) is 2.83. The maximum absolute atomic E-state index is 12.0. The van der Waals surface area contributed by atoms with Crippen LogP contribution in [0.3, 0.4) is 0 Å². The summed E-state index contributed by atoms with van der Waals surface area (Å²) in [6.07, 6.45) is 3.96. The number of aliphatic hydroxyl groups excluding tert-OH is 1. The van der Waals surface area contributed by atoms with Crippen LogP contribution in [0, 0.1) is 5.92 Å². The molecule has 0 bridgehead atoms. The second-order valence-corrected chi connectivity index (χ2v) is 7.00. The maximum Gasteiger partial charge on any atom is 0.238 e. The number of hydrogen-bond acceptors (Lipinski definition) is 4. The van der Waals surface area contributed by atoms with Gasteiger partial charge in [-0.25, -0.2) is 8.42 Å². The third-order valence-corrected chi connectivity index (χ3v) is 4.90. The molecule has 1 fully saturated rings. The summed E-state index contributed by atoms with van der Waals surface area (Å²) in [5.74, 6) is 0.0151. The molecule has 1 aliphatic rings. The largest absolute Gasteiger partial charge is 0.396 e. The van der Waals surface area contributed by atoms with Crippen molar-refractivity contribution in [2.45, 2.75) is 38.6 Å². The van der Waals surface area contributed by atoms with Gasteiger partial charge >= 0.3 is 0 Å². The van der Waals surface area contributed by atoms with Gasteiger partial charge in [-0.1, -0.05) is 13.3 Å². The molecule has 0 aromatic heterocycles. The van der Waals surface area contributed by atoms with E-state index in [1.54, 1.807) is 0 Å². The Kier molecular flexibility index (Phi) is 6.22. The van der Waals surface area contributed by atoms with Crippen LogP contribution in [0.1, 0.15) is 32.6 Å². The van der Waals surface area contributed by atoms with Gasteiger partial charge in [0.15, 0.2) is 0 Å². The topological polar surface area (TPSA) is 86.7 Å². The molecule has 1 saturated heterocycles. The molecule has 2 unspecified atom stereocenters. The number of hydrogen-bond donors (Lipinski definition) is 2. The van der Waals surface area contributed by atoms with Gasteiger partial charge in [-0.3, -0.25) is 4.79 Å². The number of sulfonamides is 1. The van der Waals surface area contributed by atoms with E-state index < -0.39 is 16.1 Å². The summed E-state index contributed by atoms with van der Waals surface area (Å²) in [4.78, 5) is 12.0. The fraction of sp³-hybridized carbons (Fsp3) is 0.917. The minimum absolute atomic E-state index is 0.104. The molecule has 0 saturated carbocycles. The molecule has 0 aromatic rings. The Balaban J connectivity index is 2.53. The van der Waals surface area contributed by atoms with Crippen LogP contribution in [0.15, 0.2) is 0 Å². The number of aliphatic hydroxyl groups is 1. The molecule has 0 aliphatic carbocycles. The highest BCUT2D eigenvalue weighted by Gasteiger charge is 2.36. The molecule has 1 amide bonds. The van der Waals surface area contributed by atoms with E-state index in [1.165, 1.54) is 4.31 Å². The second-order valence-electron chi connectivity index (χ2n) is 5.06. The monoisotopic (exact) mass is 292 g/mol. The van der Waals surface area contributed by atoms with Crippen LogP contribution in [0.2, 0.25) is 0 Å². The molecular weight excluding hydrogens is 268 g/mol. The van der Waals surface area contributed by atoms with Crippen molar-refractivity contribution >= 4 is 15.9 Å². The van der Waals surface area contributed by atoms with E-state index in [0.717, 1.165) is 19.1 Å². The first kappa shape index (κ1) is 16.4. The van der Waals surface area contributed by atoms with Gasteiger partial charge in [0, 0.05) is 19.7 Å². The molecule has 7 heteroatoms. The summed E-state index contributed by atoms with van der Waals surface area (Å²) in [6.45, 7) is 3.02. The molecule has 112 valence electrons. The van der Waals surface area contributed by atoms with Crippen molar-refractivity contribution in [3.63, 3.8) is 0 Å². The van der Waals surface area contributed by atoms with Gasteiger partial charge in [0.05, 0.1) is 6.26 Å². The predicted octanol–water partition coefficient (Wildman–Crippen LogP) is -0.0648. The summed E-state index contributed by atoms with van der Waals surface area (Å²) in [5, 5.41) is 11.7. The van der Waals surface area contributed by atoms with Crippen LogP contribution in [-0.4, -0.2) is 55.7 Å². The van der Waals surface area contributed by atoms with Gasteiger partial charge in [0.1, 0.15) is 6.04 Å². The van der Waals surface area contributed by atoms with Crippen molar-refractivity contribution in [3.05, 3.63) is 0 Å². The minimum atomic E-state index is -3.32. The van der Waals surface area contributed by atoms with E-state index in [9.17, 15) is 13.2 Å². The van der Waals surface area contributed by atoms with E-state index in [1.807, 2.05) is 6.92 Å². The Morgan fingerprint density at radius 2 is 2.21 bits per heavy atom. The van der Waals surface area contributed by atoms with Gasteiger partial charge in [0.25, 0.3) is 0 Å². The lowest BCUT2D eigenvalue weighted by Gasteiger charge is -2.22. The highest BCUT2D eigenvalue weighted by atomic mass is 32.2. The summed E-state index contributed by atoms with van der Waals surface area (Å²) >= 11 is 0. The Labute approximate surface area is 115 Å². The number of carbonyl (C=O) groups is 1. The van der Waals surface area contributed by atoms with Crippen molar-refractivity contribution in [3.8, 4) is 0 Å². The normalized spacial score (nSPS) is 22.4. The Morgan fingerprint density at radius 1 is 1.53 bits per heavy atom. The van der Waals surface area contributed by atoms with Crippen LogP contribution in [0.4, 0.5) is 0 Å². The number of nitrogens with one attached hydrogen (secondary N) is 1. The molecule has 0 spiro atoms. The van der Waals surface area contributed by atoms with E-state index in [-0.39, 0.29) is 18.4 Å². The van der Waals surface area contributed by atoms with Crippen molar-refractivity contribution < 1.29 is 18.3 Å². The summed E-state index contributed by atoms with van der Waals surface area (Å²) < 4.78 is 24.4. The first-order chi connectivity index (χ1) is 8.90. The van der Waals surface area contributed by atoms with E-state index >= 15 is 0 Å². The fourth-order valence-corrected chi connectivity index (χ4v) is 3.52. The molecule has 19 heavy (non-hydrogen) atoms. The lowest BCUT2D eigenvalue weighted by Crippen LogP contribution is -2.46. The van der Waals surface area contributed by atoms with Crippen LogP contribution >= 0.6 is 0 Å². The third kappa shape index (κ3) is 4.74. The van der Waals surface area contributed by atoms with Gasteiger partial charge in [-0.15, -0.1) is 0 Å². The fourth-order valence-electron chi connectivity index (χ4n) is 2.39. The van der Waals surface area contributed by atoms with Crippen molar-refractivity contribution in [2.75, 3.05) is 26.0 Å². The van der Waals surface area contributed by atoms with Crippen molar-refractivity contribution in [1.82, 2.24) is 9.62 Å². The lowest BCUT2D eigenvalue weighted by atomic mass is 10.0. The Bertz CT molecular complexity index is 397. The molecule has 1 heterocycles. The van der Waals surface area contributed by atoms with E-state index in [4.69, 9.17) is 5.11 Å². The quantitative estimate of drug-likeness (QED) is 0.688. The number of amides is 1. The molecule has 6 nitrogen and oxygen atoms in total. The number of nitrogens with zero attached hydrogens (tertiary/aromatic N) is 1. The zero-order valence-electron chi connectivity index (χ0n) is 11.6. The number of rotatable bonds is 7. The molecule has 0 radical (unpaired) electrons. The molecule has 0 aromatic carbocycles. The smallest absolute Gasteiger partial charge is 0.238 e. The number of carbonyl (C=O) groups excluding carboxylic acids is 1. The molecule has 2 N–H and O–H groups in total. The molecule has 2 atom stereocenters. The lowest BCUT2D eigenvalue weighted by molar-refractivity contribution is -0.124. The maximum atomic E-state index is 12.0. The SMILES string of the molecule is CCC(CCO)CNC(=O)C1CCCN1S(C)(=O)=O. The molecular formula is C12H24N2O4S. The van der Waals surface area contributed by atoms with Crippen molar-refractivity contribution in [1.29, 1.82) is 0 Å². The van der Waals surface area contributed by atoms with Crippen molar-refractivity contribution in [2.24, 2.45) is 5.92 Å². The van der Waals surface area contributed by atoms with Crippen LogP contribution in [-0.2, 0) is 14.8 Å². The highest BCUT2D eigenvalue weighted by molar-refractivity contribution is 7.88. The summed E-state index contributed by atoms with van der Waals surface area (Å²) in [7, 11) is -3.32. The summed E-state index contributed by atoms with van der Waals surface area (Å²) in [5.41, 5.74) is 0. The third-order valence-electron chi connectivity index (χ3n) is 3.61. The average molecular weight is 292 g/mol. The Morgan fingerprint density at radius 3 is 2.74 bits per heavy atom. The van der Waals surface area contributed by atoms with Crippen LogP contribution in [0.25, 0.3) is 0 Å². The second kappa shape index (κ2) is 7.21. The van der Waals surface area contributed by atoms with Crippen LogP contribution in [0.5, 0.6) is 0 Å². The zero-order chi connectivity index (χ0) is 14.5.